The highest BCUT2D eigenvalue weighted by molar-refractivity contribution is 5.92. The van der Waals surface area contributed by atoms with E-state index in [2.05, 4.69) is 4.90 Å². The molecule has 1 amide bonds. The van der Waals surface area contributed by atoms with E-state index in [-0.39, 0.29) is 5.91 Å². The van der Waals surface area contributed by atoms with Crippen molar-refractivity contribution < 1.29 is 9.21 Å². The average Bonchev–Trinajstić information content (AvgIpc) is 3.01. The van der Waals surface area contributed by atoms with Gasteiger partial charge < -0.3 is 9.32 Å². The van der Waals surface area contributed by atoms with Crippen LogP contribution in [0.4, 0.5) is 0 Å². The lowest BCUT2D eigenvalue weighted by Gasteiger charge is -2.41. The normalized spacial score (nSPS) is 20.9. The summed E-state index contributed by atoms with van der Waals surface area (Å²) in [6.07, 6.45) is 16.0. The number of rotatable bonds is 4. The van der Waals surface area contributed by atoms with Gasteiger partial charge in [-0.15, -0.1) is 0 Å². The number of furan rings is 1. The summed E-state index contributed by atoms with van der Waals surface area (Å²) in [5.41, 5.74) is 0. The lowest BCUT2D eigenvalue weighted by Crippen LogP contribution is -2.48. The standard InChI is InChI=1S/C20H29NO2/c1-16-12-13-19(23-16)14-15-20(22)21(17-8-4-2-5-9-17)18-10-6-3-7-11-18/h12-15,17-18H,2-11H2,1H3. The topological polar surface area (TPSA) is 33.5 Å². The van der Waals surface area contributed by atoms with Crippen molar-refractivity contribution in [3.8, 4) is 0 Å². The molecule has 3 nitrogen and oxygen atoms in total. The number of nitrogens with zero attached hydrogens (tertiary/aromatic N) is 1. The Morgan fingerprint density at radius 3 is 2.04 bits per heavy atom. The highest BCUT2D eigenvalue weighted by Crippen LogP contribution is 2.30. The van der Waals surface area contributed by atoms with Crippen molar-refractivity contribution in [1.82, 2.24) is 4.90 Å². The first kappa shape index (κ1) is 16.4. The van der Waals surface area contributed by atoms with Crippen LogP contribution in [0.5, 0.6) is 0 Å². The molecule has 0 N–H and O–H groups in total. The van der Waals surface area contributed by atoms with Gasteiger partial charge >= 0.3 is 0 Å². The second-order valence-electron chi connectivity index (χ2n) is 7.11. The maximum Gasteiger partial charge on any atom is 0.247 e. The molecule has 0 unspecified atom stereocenters. The molecule has 1 aromatic heterocycles. The molecular weight excluding hydrogens is 286 g/mol. The SMILES string of the molecule is Cc1ccc(C=CC(=O)N(C2CCCCC2)C2CCCCC2)o1. The first-order chi connectivity index (χ1) is 11.2. The Hall–Kier alpha value is -1.51. The molecule has 0 spiro atoms. The van der Waals surface area contributed by atoms with Crippen molar-refractivity contribution in [2.24, 2.45) is 0 Å². The van der Waals surface area contributed by atoms with E-state index in [9.17, 15) is 4.79 Å². The summed E-state index contributed by atoms with van der Waals surface area (Å²) in [7, 11) is 0. The molecule has 2 aliphatic carbocycles. The number of carbonyl (C=O) groups excluding carboxylic acids is 1. The van der Waals surface area contributed by atoms with Crippen molar-refractivity contribution >= 4 is 12.0 Å². The zero-order valence-corrected chi connectivity index (χ0v) is 14.3. The Labute approximate surface area is 139 Å². The van der Waals surface area contributed by atoms with Gasteiger partial charge in [-0.2, -0.15) is 0 Å². The zero-order chi connectivity index (χ0) is 16.1. The van der Waals surface area contributed by atoms with Crippen LogP contribution in [0.1, 0.15) is 75.7 Å². The van der Waals surface area contributed by atoms with Crippen LogP contribution in [0, 0.1) is 6.92 Å². The predicted molar refractivity (Wildman–Crippen MR) is 93.1 cm³/mol. The van der Waals surface area contributed by atoms with E-state index in [0.29, 0.717) is 12.1 Å². The molecule has 2 aliphatic rings. The molecule has 0 aliphatic heterocycles. The van der Waals surface area contributed by atoms with E-state index in [1.807, 2.05) is 25.1 Å². The largest absolute Gasteiger partial charge is 0.462 e. The minimum Gasteiger partial charge on any atom is -0.462 e. The molecule has 3 heteroatoms. The second kappa shape index (κ2) is 7.85. The zero-order valence-electron chi connectivity index (χ0n) is 14.3. The Morgan fingerprint density at radius 2 is 1.57 bits per heavy atom. The molecule has 1 heterocycles. The third-order valence-electron chi connectivity index (χ3n) is 5.34. The maximum atomic E-state index is 12.9. The molecule has 0 aromatic carbocycles. The number of hydrogen-bond donors (Lipinski definition) is 0. The van der Waals surface area contributed by atoms with Gasteiger partial charge in [0.15, 0.2) is 0 Å². The summed E-state index contributed by atoms with van der Waals surface area (Å²) in [5, 5.41) is 0. The fourth-order valence-corrected chi connectivity index (χ4v) is 4.16. The second-order valence-corrected chi connectivity index (χ2v) is 7.11. The van der Waals surface area contributed by atoms with E-state index < -0.39 is 0 Å². The summed E-state index contributed by atoms with van der Waals surface area (Å²) in [5.74, 6) is 1.83. The van der Waals surface area contributed by atoms with Gasteiger partial charge in [0, 0.05) is 18.2 Å². The smallest absolute Gasteiger partial charge is 0.247 e. The Kier molecular flexibility index (Phi) is 5.58. The lowest BCUT2D eigenvalue weighted by atomic mass is 9.88. The van der Waals surface area contributed by atoms with Crippen LogP contribution in [-0.4, -0.2) is 22.9 Å². The highest BCUT2D eigenvalue weighted by Gasteiger charge is 2.31. The molecule has 1 aromatic rings. The Morgan fingerprint density at radius 1 is 1.00 bits per heavy atom. The molecule has 2 fully saturated rings. The number of carbonyl (C=O) groups is 1. The van der Waals surface area contributed by atoms with Gasteiger partial charge in [0.25, 0.3) is 0 Å². The first-order valence-corrected chi connectivity index (χ1v) is 9.31. The molecule has 2 saturated carbocycles. The van der Waals surface area contributed by atoms with E-state index in [0.717, 1.165) is 11.5 Å². The summed E-state index contributed by atoms with van der Waals surface area (Å²) in [6, 6.07) is 4.75. The summed E-state index contributed by atoms with van der Waals surface area (Å²) in [6.45, 7) is 1.93. The third kappa shape index (κ3) is 4.27. The molecule has 23 heavy (non-hydrogen) atoms. The van der Waals surface area contributed by atoms with Crippen LogP contribution in [0.15, 0.2) is 22.6 Å². The van der Waals surface area contributed by atoms with Crippen molar-refractivity contribution in [2.45, 2.75) is 83.2 Å². The van der Waals surface area contributed by atoms with Gasteiger partial charge in [0.2, 0.25) is 5.91 Å². The number of amides is 1. The molecule has 0 atom stereocenters. The van der Waals surface area contributed by atoms with E-state index >= 15 is 0 Å². The highest BCUT2D eigenvalue weighted by atomic mass is 16.3. The predicted octanol–water partition coefficient (Wildman–Crippen LogP) is 5.10. The van der Waals surface area contributed by atoms with Crippen molar-refractivity contribution in [3.05, 3.63) is 29.7 Å². The molecular formula is C20H29NO2. The fourth-order valence-electron chi connectivity index (χ4n) is 4.16. The number of aryl methyl sites for hydroxylation is 1. The molecule has 3 rings (SSSR count). The third-order valence-corrected chi connectivity index (χ3v) is 5.34. The minimum atomic E-state index is 0.179. The van der Waals surface area contributed by atoms with Gasteiger partial charge in [0.1, 0.15) is 11.5 Å². The average molecular weight is 315 g/mol. The summed E-state index contributed by atoms with van der Waals surface area (Å²) < 4.78 is 5.55. The van der Waals surface area contributed by atoms with Crippen molar-refractivity contribution in [3.63, 3.8) is 0 Å². The van der Waals surface area contributed by atoms with Crippen molar-refractivity contribution in [2.75, 3.05) is 0 Å². The maximum absolute atomic E-state index is 12.9. The minimum absolute atomic E-state index is 0.179. The summed E-state index contributed by atoms with van der Waals surface area (Å²) in [4.78, 5) is 15.1. The van der Waals surface area contributed by atoms with Gasteiger partial charge in [-0.05, 0) is 50.8 Å². The van der Waals surface area contributed by atoms with Gasteiger partial charge in [0.05, 0.1) is 0 Å². The van der Waals surface area contributed by atoms with E-state index in [1.165, 1.54) is 64.2 Å². The van der Waals surface area contributed by atoms with Crippen molar-refractivity contribution in [1.29, 1.82) is 0 Å². The monoisotopic (exact) mass is 315 g/mol. The van der Waals surface area contributed by atoms with E-state index in [4.69, 9.17) is 4.42 Å². The van der Waals surface area contributed by atoms with Crippen LogP contribution in [0.3, 0.4) is 0 Å². The van der Waals surface area contributed by atoms with Gasteiger partial charge in [-0.25, -0.2) is 0 Å². The summed E-state index contributed by atoms with van der Waals surface area (Å²) >= 11 is 0. The number of hydrogen-bond acceptors (Lipinski definition) is 2. The van der Waals surface area contributed by atoms with Gasteiger partial charge in [-0.3, -0.25) is 4.79 Å². The fraction of sp³-hybridized carbons (Fsp3) is 0.650. The van der Waals surface area contributed by atoms with Crippen LogP contribution in [0.25, 0.3) is 6.08 Å². The Balaban J connectivity index is 1.72. The van der Waals surface area contributed by atoms with Crippen LogP contribution >= 0.6 is 0 Å². The lowest BCUT2D eigenvalue weighted by molar-refractivity contribution is -0.132. The van der Waals surface area contributed by atoms with Crippen LogP contribution in [0.2, 0.25) is 0 Å². The molecule has 0 bridgehead atoms. The molecule has 126 valence electrons. The van der Waals surface area contributed by atoms with Crippen LogP contribution < -0.4 is 0 Å². The van der Waals surface area contributed by atoms with Gasteiger partial charge in [-0.1, -0.05) is 38.5 Å². The first-order valence-electron chi connectivity index (χ1n) is 9.31. The molecule has 0 saturated heterocycles. The van der Waals surface area contributed by atoms with Crippen LogP contribution in [-0.2, 0) is 4.79 Å². The molecule has 0 radical (unpaired) electrons. The Bertz CT molecular complexity index is 516. The quantitative estimate of drug-likeness (QED) is 0.725. The van der Waals surface area contributed by atoms with E-state index in [1.54, 1.807) is 6.08 Å².